The zero-order valence-electron chi connectivity index (χ0n) is 12.5. The van der Waals surface area contributed by atoms with Crippen LogP contribution in [-0.2, 0) is 9.53 Å². The molecule has 0 amide bonds. The summed E-state index contributed by atoms with van der Waals surface area (Å²) >= 11 is 0. The third kappa shape index (κ3) is 2.05. The van der Waals surface area contributed by atoms with Gasteiger partial charge in [0.15, 0.2) is 0 Å². The van der Waals surface area contributed by atoms with Crippen LogP contribution in [0, 0.1) is 11.8 Å². The number of rotatable bonds is 2. The molecule has 0 saturated carbocycles. The number of ether oxygens (including phenoxy) is 1. The topological polar surface area (TPSA) is 29.5 Å². The molecule has 0 aromatic heterocycles. The minimum atomic E-state index is -0.0525. The maximum absolute atomic E-state index is 12.3. The Morgan fingerprint density at radius 1 is 1.20 bits per heavy atom. The largest absolute Gasteiger partial charge is 0.469 e. The molecule has 0 aliphatic carbocycles. The molecule has 2 aliphatic rings. The van der Waals surface area contributed by atoms with E-state index in [-0.39, 0.29) is 11.9 Å². The zero-order chi connectivity index (χ0) is 14.3. The molecule has 0 N–H and O–H groups in total. The second-order valence-corrected chi connectivity index (χ2v) is 6.31. The van der Waals surface area contributed by atoms with Crippen molar-refractivity contribution in [2.24, 2.45) is 11.8 Å². The lowest BCUT2D eigenvalue weighted by atomic mass is 9.76. The molecular formula is C17H23NO2. The van der Waals surface area contributed by atoms with Gasteiger partial charge in [-0.1, -0.05) is 37.3 Å². The maximum Gasteiger partial charge on any atom is 0.310 e. The third-order valence-electron chi connectivity index (χ3n) is 5.36. The molecule has 2 bridgehead atoms. The van der Waals surface area contributed by atoms with Crippen molar-refractivity contribution in [2.75, 3.05) is 14.2 Å². The molecule has 108 valence electrons. The van der Waals surface area contributed by atoms with Gasteiger partial charge in [-0.15, -0.1) is 0 Å². The van der Waals surface area contributed by atoms with Crippen molar-refractivity contribution >= 4 is 5.97 Å². The van der Waals surface area contributed by atoms with Gasteiger partial charge in [0.1, 0.15) is 0 Å². The number of fused-ring (bicyclic) bond motifs is 2. The van der Waals surface area contributed by atoms with E-state index in [1.165, 1.54) is 12.7 Å². The fourth-order valence-electron chi connectivity index (χ4n) is 4.33. The number of methoxy groups -OCH3 is 1. The Morgan fingerprint density at radius 3 is 2.55 bits per heavy atom. The van der Waals surface area contributed by atoms with Gasteiger partial charge in [0, 0.05) is 18.0 Å². The van der Waals surface area contributed by atoms with Gasteiger partial charge in [0.2, 0.25) is 0 Å². The second-order valence-electron chi connectivity index (χ2n) is 6.31. The normalized spacial score (nSPS) is 36.9. The number of carbonyl (C=O) groups excluding carboxylic acids is 1. The van der Waals surface area contributed by atoms with Crippen molar-refractivity contribution < 1.29 is 9.53 Å². The number of esters is 1. The summed E-state index contributed by atoms with van der Waals surface area (Å²) in [4.78, 5) is 14.8. The summed E-state index contributed by atoms with van der Waals surface area (Å²) < 4.78 is 5.11. The smallest absolute Gasteiger partial charge is 0.310 e. The highest BCUT2D eigenvalue weighted by molar-refractivity contribution is 5.75. The SMILES string of the molecule is COC(=O)[C@H]1[C@@H](c2ccccc2)C[C@@H]2[C@@H](C)C[C@H]1N2C. The number of benzene rings is 1. The van der Waals surface area contributed by atoms with Gasteiger partial charge >= 0.3 is 5.97 Å². The van der Waals surface area contributed by atoms with Crippen LogP contribution in [0.4, 0.5) is 0 Å². The van der Waals surface area contributed by atoms with Crippen LogP contribution in [0.3, 0.4) is 0 Å². The van der Waals surface area contributed by atoms with E-state index in [9.17, 15) is 4.79 Å². The lowest BCUT2D eigenvalue weighted by Gasteiger charge is -2.42. The molecule has 20 heavy (non-hydrogen) atoms. The van der Waals surface area contributed by atoms with Crippen molar-refractivity contribution in [1.82, 2.24) is 4.90 Å². The number of nitrogens with zero attached hydrogens (tertiary/aromatic N) is 1. The first-order chi connectivity index (χ1) is 9.63. The van der Waals surface area contributed by atoms with E-state index < -0.39 is 0 Å². The average Bonchev–Trinajstić information content (AvgIpc) is 2.66. The highest BCUT2D eigenvalue weighted by Gasteiger charge is 2.52. The molecule has 0 unspecified atom stereocenters. The van der Waals surface area contributed by atoms with E-state index in [1.807, 2.05) is 6.07 Å². The molecule has 2 aliphatic heterocycles. The Bertz CT molecular complexity index is 487. The molecule has 3 nitrogen and oxygen atoms in total. The van der Waals surface area contributed by atoms with Crippen LogP contribution < -0.4 is 0 Å². The highest BCUT2D eigenvalue weighted by Crippen LogP contribution is 2.48. The van der Waals surface area contributed by atoms with Gasteiger partial charge < -0.3 is 4.74 Å². The van der Waals surface area contributed by atoms with E-state index in [1.54, 1.807) is 0 Å². The second kappa shape index (κ2) is 5.21. The van der Waals surface area contributed by atoms with E-state index >= 15 is 0 Å². The highest BCUT2D eigenvalue weighted by atomic mass is 16.5. The monoisotopic (exact) mass is 273 g/mol. The van der Waals surface area contributed by atoms with E-state index in [2.05, 4.69) is 43.1 Å². The first kappa shape index (κ1) is 13.6. The van der Waals surface area contributed by atoms with Crippen molar-refractivity contribution in [1.29, 1.82) is 0 Å². The summed E-state index contributed by atoms with van der Waals surface area (Å²) in [7, 11) is 3.67. The number of piperidine rings is 1. The Morgan fingerprint density at radius 2 is 1.90 bits per heavy atom. The Labute approximate surface area is 120 Å². The summed E-state index contributed by atoms with van der Waals surface area (Å²) in [6.07, 6.45) is 2.15. The number of hydrogen-bond acceptors (Lipinski definition) is 3. The Hall–Kier alpha value is -1.35. The maximum atomic E-state index is 12.3. The molecule has 3 rings (SSSR count). The van der Waals surface area contributed by atoms with Gasteiger partial charge in [0.05, 0.1) is 13.0 Å². The van der Waals surface area contributed by atoms with Gasteiger partial charge in [-0.05, 0) is 31.4 Å². The fourth-order valence-corrected chi connectivity index (χ4v) is 4.33. The summed E-state index contributed by atoms with van der Waals surface area (Å²) in [5.41, 5.74) is 1.28. The minimum Gasteiger partial charge on any atom is -0.469 e. The molecule has 1 aromatic rings. The molecule has 0 radical (unpaired) electrons. The number of carbonyl (C=O) groups is 1. The number of hydrogen-bond donors (Lipinski definition) is 0. The molecule has 3 heteroatoms. The lowest BCUT2D eigenvalue weighted by Crippen LogP contribution is -2.49. The lowest BCUT2D eigenvalue weighted by molar-refractivity contribution is -0.150. The van der Waals surface area contributed by atoms with Crippen LogP contribution >= 0.6 is 0 Å². The van der Waals surface area contributed by atoms with E-state index in [4.69, 9.17) is 4.74 Å². The summed E-state index contributed by atoms with van der Waals surface area (Å²) in [5, 5.41) is 0. The first-order valence-corrected chi connectivity index (χ1v) is 7.48. The molecular weight excluding hydrogens is 250 g/mol. The molecule has 5 atom stereocenters. The first-order valence-electron chi connectivity index (χ1n) is 7.48. The van der Waals surface area contributed by atoms with Gasteiger partial charge in [-0.25, -0.2) is 0 Å². The summed E-state index contributed by atoms with van der Waals surface area (Å²) in [6.45, 7) is 2.31. The zero-order valence-corrected chi connectivity index (χ0v) is 12.5. The average molecular weight is 273 g/mol. The standard InChI is InChI=1S/C17H23NO2/c1-11-9-15-16(17(19)20-3)13(10-14(11)18(15)2)12-7-5-4-6-8-12/h4-8,11,13-16H,9-10H2,1-3H3/t11-,13+,14+,15+,16-/m0/s1. The van der Waals surface area contributed by atoms with Crippen LogP contribution in [-0.4, -0.2) is 37.1 Å². The van der Waals surface area contributed by atoms with Gasteiger partial charge in [0.25, 0.3) is 0 Å². The molecule has 2 saturated heterocycles. The molecule has 2 heterocycles. The van der Waals surface area contributed by atoms with Crippen molar-refractivity contribution in [2.45, 2.75) is 37.8 Å². The fraction of sp³-hybridized carbons (Fsp3) is 0.588. The Kier molecular flexibility index (Phi) is 3.55. The Balaban J connectivity index is 1.98. The van der Waals surface area contributed by atoms with Crippen molar-refractivity contribution in [3.8, 4) is 0 Å². The predicted octanol–water partition coefficient (Wildman–Crippen LogP) is 2.67. The van der Waals surface area contributed by atoms with Crippen LogP contribution in [0.5, 0.6) is 0 Å². The van der Waals surface area contributed by atoms with Gasteiger partial charge in [-0.2, -0.15) is 0 Å². The van der Waals surface area contributed by atoms with Crippen LogP contribution in [0.25, 0.3) is 0 Å². The van der Waals surface area contributed by atoms with Crippen LogP contribution in [0.1, 0.15) is 31.2 Å². The molecule has 0 spiro atoms. The van der Waals surface area contributed by atoms with E-state index in [0.29, 0.717) is 23.9 Å². The van der Waals surface area contributed by atoms with Crippen molar-refractivity contribution in [3.05, 3.63) is 35.9 Å². The van der Waals surface area contributed by atoms with Crippen LogP contribution in [0.2, 0.25) is 0 Å². The quantitative estimate of drug-likeness (QED) is 0.776. The third-order valence-corrected chi connectivity index (χ3v) is 5.36. The summed E-state index contributed by atoms with van der Waals surface area (Å²) in [6, 6.07) is 11.4. The van der Waals surface area contributed by atoms with Crippen LogP contribution in [0.15, 0.2) is 30.3 Å². The van der Waals surface area contributed by atoms with Gasteiger partial charge in [-0.3, -0.25) is 9.69 Å². The minimum absolute atomic E-state index is 0.0337. The molecule has 2 fully saturated rings. The summed E-state index contributed by atoms with van der Waals surface area (Å²) in [5.74, 6) is 0.863. The predicted molar refractivity (Wildman–Crippen MR) is 78.4 cm³/mol. The van der Waals surface area contributed by atoms with E-state index in [0.717, 1.165) is 12.8 Å². The molecule has 1 aromatic carbocycles. The van der Waals surface area contributed by atoms with Crippen molar-refractivity contribution in [3.63, 3.8) is 0 Å².